The molecule has 1 amide bonds. The molecule has 1 saturated heterocycles. The molecule has 21 heavy (non-hydrogen) atoms. The number of amides is 1. The number of alkyl halides is 3. The van der Waals surface area contributed by atoms with E-state index < -0.39 is 29.5 Å². The monoisotopic (exact) mass is 298 g/mol. The first-order valence-corrected chi connectivity index (χ1v) is 6.47. The summed E-state index contributed by atoms with van der Waals surface area (Å²) in [5.41, 5.74) is -1.15. The van der Waals surface area contributed by atoms with E-state index in [4.69, 9.17) is 10.00 Å². The molecule has 1 fully saturated rings. The van der Waals surface area contributed by atoms with Gasteiger partial charge in [-0.25, -0.2) is 0 Å². The zero-order valence-electron chi connectivity index (χ0n) is 11.0. The lowest BCUT2D eigenvalue weighted by Gasteiger charge is -2.19. The molecule has 1 unspecified atom stereocenters. The molecule has 1 aliphatic heterocycles. The Morgan fingerprint density at radius 1 is 1.33 bits per heavy atom. The fraction of sp³-hybridized carbons (Fsp3) is 0.429. The summed E-state index contributed by atoms with van der Waals surface area (Å²) < 4.78 is 44.3. The van der Waals surface area contributed by atoms with Crippen LogP contribution in [0.1, 0.15) is 30.4 Å². The Hall–Kier alpha value is -2.23. The predicted octanol–water partition coefficient (Wildman–Crippen LogP) is 2.62. The van der Waals surface area contributed by atoms with Gasteiger partial charge in [0.2, 0.25) is 0 Å². The van der Waals surface area contributed by atoms with Gasteiger partial charge < -0.3 is 10.1 Å². The van der Waals surface area contributed by atoms with Gasteiger partial charge in [0.1, 0.15) is 5.75 Å². The van der Waals surface area contributed by atoms with Crippen LogP contribution in [0.4, 0.5) is 13.2 Å². The smallest absolute Gasteiger partial charge is 0.420 e. The number of carbonyl (C=O) groups excluding carboxylic acids is 1. The van der Waals surface area contributed by atoms with Crippen LogP contribution in [0.2, 0.25) is 0 Å². The fourth-order valence-electron chi connectivity index (χ4n) is 2.10. The number of nitriles is 1. The minimum Gasteiger partial charge on any atom is -0.480 e. The molecule has 0 aliphatic carbocycles. The van der Waals surface area contributed by atoms with Crippen LogP contribution >= 0.6 is 0 Å². The highest BCUT2D eigenvalue weighted by molar-refractivity contribution is 5.81. The summed E-state index contributed by atoms with van der Waals surface area (Å²) in [5.74, 6) is -0.839. The highest BCUT2D eigenvalue weighted by Crippen LogP contribution is 2.37. The molecule has 1 atom stereocenters. The highest BCUT2D eigenvalue weighted by atomic mass is 19.4. The minimum atomic E-state index is -4.65. The molecule has 7 heteroatoms. The zero-order valence-corrected chi connectivity index (χ0v) is 11.0. The number of rotatable bonds is 2. The van der Waals surface area contributed by atoms with Crippen LogP contribution in [0.25, 0.3) is 0 Å². The van der Waals surface area contributed by atoms with Gasteiger partial charge >= 0.3 is 6.18 Å². The number of nitrogens with one attached hydrogen (secondary N) is 1. The Morgan fingerprint density at radius 3 is 2.76 bits per heavy atom. The Morgan fingerprint density at radius 2 is 2.10 bits per heavy atom. The first-order valence-electron chi connectivity index (χ1n) is 6.47. The van der Waals surface area contributed by atoms with E-state index in [9.17, 15) is 18.0 Å². The summed E-state index contributed by atoms with van der Waals surface area (Å²) in [4.78, 5) is 11.7. The van der Waals surface area contributed by atoms with E-state index >= 15 is 0 Å². The number of hydrogen-bond acceptors (Lipinski definition) is 3. The molecule has 1 aliphatic rings. The second-order valence-electron chi connectivity index (χ2n) is 4.71. The van der Waals surface area contributed by atoms with Gasteiger partial charge in [-0.2, -0.15) is 18.4 Å². The average Bonchev–Trinajstić information content (AvgIpc) is 2.63. The van der Waals surface area contributed by atoms with Crippen LogP contribution in [-0.4, -0.2) is 18.6 Å². The third-order valence-electron chi connectivity index (χ3n) is 3.17. The lowest BCUT2D eigenvalue weighted by molar-refractivity contribution is -0.141. The van der Waals surface area contributed by atoms with E-state index in [-0.39, 0.29) is 5.56 Å². The summed E-state index contributed by atoms with van der Waals surface area (Å²) in [6.07, 6.45) is -3.76. The van der Waals surface area contributed by atoms with Crippen molar-refractivity contribution in [1.29, 1.82) is 5.26 Å². The molecule has 0 aromatic heterocycles. The second kappa shape index (κ2) is 6.04. The number of hydrogen-bond donors (Lipinski definition) is 1. The maximum Gasteiger partial charge on any atom is 0.420 e. The van der Waals surface area contributed by atoms with Crippen molar-refractivity contribution >= 4 is 5.91 Å². The van der Waals surface area contributed by atoms with Crippen LogP contribution in [0.3, 0.4) is 0 Å². The molecule has 0 saturated carbocycles. The Kier molecular flexibility index (Phi) is 4.36. The molecular formula is C14H13F3N2O2. The summed E-state index contributed by atoms with van der Waals surface area (Å²) in [6.45, 7) is 0.498. The Balaban J connectivity index is 2.30. The van der Waals surface area contributed by atoms with E-state index in [2.05, 4.69) is 5.32 Å². The van der Waals surface area contributed by atoms with Gasteiger partial charge in [0.25, 0.3) is 5.91 Å². The SMILES string of the molecule is N#Cc1ccc(OC2CCCCNC2=O)c(C(F)(F)F)c1. The van der Waals surface area contributed by atoms with Crippen molar-refractivity contribution in [2.24, 2.45) is 0 Å². The summed E-state index contributed by atoms with van der Waals surface area (Å²) in [6, 6.07) is 4.70. The van der Waals surface area contributed by atoms with Crippen molar-refractivity contribution in [3.05, 3.63) is 29.3 Å². The predicted molar refractivity (Wildman–Crippen MR) is 67.4 cm³/mol. The molecule has 1 aromatic carbocycles. The zero-order chi connectivity index (χ0) is 15.5. The summed E-state index contributed by atoms with van der Waals surface area (Å²) >= 11 is 0. The minimum absolute atomic E-state index is 0.111. The van der Waals surface area contributed by atoms with Crippen LogP contribution in [0.15, 0.2) is 18.2 Å². The highest BCUT2D eigenvalue weighted by Gasteiger charge is 2.36. The van der Waals surface area contributed by atoms with Gasteiger partial charge in [0.05, 0.1) is 17.2 Å². The normalized spacial score (nSPS) is 19.3. The number of nitrogens with zero attached hydrogens (tertiary/aromatic N) is 1. The van der Waals surface area contributed by atoms with Crippen LogP contribution in [-0.2, 0) is 11.0 Å². The van der Waals surface area contributed by atoms with E-state index in [0.717, 1.165) is 18.6 Å². The van der Waals surface area contributed by atoms with Crippen molar-refractivity contribution in [2.45, 2.75) is 31.5 Å². The Labute approximate surface area is 119 Å². The van der Waals surface area contributed by atoms with Gasteiger partial charge in [-0.05, 0) is 37.5 Å². The maximum atomic E-state index is 13.0. The summed E-state index contributed by atoms with van der Waals surface area (Å²) in [7, 11) is 0. The van der Waals surface area contributed by atoms with Crippen molar-refractivity contribution in [2.75, 3.05) is 6.54 Å². The number of ether oxygens (including phenoxy) is 1. The third-order valence-corrected chi connectivity index (χ3v) is 3.17. The quantitative estimate of drug-likeness (QED) is 0.913. The standard InChI is InChI=1S/C14H13F3N2O2/c15-14(16,17)10-7-9(8-18)4-5-11(10)21-12-3-1-2-6-19-13(12)20/h4-5,7,12H,1-3,6H2,(H,19,20). The van der Waals surface area contributed by atoms with Crippen molar-refractivity contribution in [3.63, 3.8) is 0 Å². The van der Waals surface area contributed by atoms with Gasteiger partial charge in [-0.15, -0.1) is 0 Å². The van der Waals surface area contributed by atoms with E-state index in [1.807, 2.05) is 0 Å². The first kappa shape index (κ1) is 15.2. The van der Waals surface area contributed by atoms with Gasteiger partial charge in [0, 0.05) is 6.54 Å². The van der Waals surface area contributed by atoms with Crippen molar-refractivity contribution in [1.82, 2.24) is 5.32 Å². The third kappa shape index (κ3) is 3.66. The van der Waals surface area contributed by atoms with Gasteiger partial charge in [-0.3, -0.25) is 4.79 Å². The molecule has 0 spiro atoms. The van der Waals surface area contributed by atoms with Crippen LogP contribution in [0, 0.1) is 11.3 Å². The van der Waals surface area contributed by atoms with E-state index in [1.54, 1.807) is 6.07 Å². The molecule has 4 nitrogen and oxygen atoms in total. The van der Waals surface area contributed by atoms with Gasteiger partial charge in [0.15, 0.2) is 6.10 Å². The molecule has 2 rings (SSSR count). The second-order valence-corrected chi connectivity index (χ2v) is 4.71. The molecule has 0 bridgehead atoms. The number of carbonyl (C=O) groups is 1. The van der Waals surface area contributed by atoms with E-state index in [1.165, 1.54) is 6.07 Å². The topological polar surface area (TPSA) is 62.1 Å². The average molecular weight is 298 g/mol. The number of halogens is 3. The molecule has 1 aromatic rings. The van der Waals surface area contributed by atoms with Gasteiger partial charge in [-0.1, -0.05) is 0 Å². The lowest BCUT2D eigenvalue weighted by Crippen LogP contribution is -2.36. The van der Waals surface area contributed by atoms with Crippen molar-refractivity contribution < 1.29 is 22.7 Å². The molecule has 1 N–H and O–H groups in total. The van der Waals surface area contributed by atoms with Crippen LogP contribution in [0.5, 0.6) is 5.75 Å². The Bertz CT molecular complexity index is 579. The van der Waals surface area contributed by atoms with Crippen LogP contribution < -0.4 is 10.1 Å². The molecule has 1 heterocycles. The number of benzene rings is 1. The lowest BCUT2D eigenvalue weighted by atomic mass is 10.1. The fourth-order valence-corrected chi connectivity index (χ4v) is 2.10. The molecule has 112 valence electrons. The maximum absolute atomic E-state index is 13.0. The summed E-state index contributed by atoms with van der Waals surface area (Å²) in [5, 5.41) is 11.3. The first-order chi connectivity index (χ1) is 9.91. The van der Waals surface area contributed by atoms with E-state index in [0.29, 0.717) is 19.4 Å². The largest absolute Gasteiger partial charge is 0.480 e. The van der Waals surface area contributed by atoms with Crippen molar-refractivity contribution in [3.8, 4) is 11.8 Å². The molecular weight excluding hydrogens is 285 g/mol. The molecule has 0 radical (unpaired) electrons.